The third-order valence-corrected chi connectivity index (χ3v) is 6.83. The Morgan fingerprint density at radius 1 is 1.00 bits per heavy atom. The minimum Gasteiger partial charge on any atom is -0.431 e. The number of ether oxygens (including phenoxy) is 1. The third-order valence-electron chi connectivity index (χ3n) is 5.95. The number of carbonyl (C=O) groups is 1. The molecule has 1 aromatic heterocycles. The summed E-state index contributed by atoms with van der Waals surface area (Å²) in [7, 11) is 1.85. The largest absolute Gasteiger partial charge is 0.431 e. The summed E-state index contributed by atoms with van der Waals surface area (Å²) in [6.45, 7) is 3.91. The van der Waals surface area contributed by atoms with E-state index in [1.54, 1.807) is 4.90 Å². The molecule has 34 heavy (non-hydrogen) atoms. The van der Waals surface area contributed by atoms with Crippen LogP contribution >= 0.6 is 11.8 Å². The van der Waals surface area contributed by atoms with Crippen LogP contribution in [0.2, 0.25) is 0 Å². The molecule has 0 saturated carbocycles. The molecular formula is C27H27N3O3S. The topological polar surface area (TPSA) is 58.8 Å². The van der Waals surface area contributed by atoms with E-state index in [0.29, 0.717) is 23.1 Å². The Morgan fingerprint density at radius 3 is 2.53 bits per heavy atom. The van der Waals surface area contributed by atoms with Crippen LogP contribution in [-0.2, 0) is 17.0 Å². The summed E-state index contributed by atoms with van der Waals surface area (Å²) >= 11 is 1.50. The molecular weight excluding hydrogens is 446 g/mol. The van der Waals surface area contributed by atoms with Crippen LogP contribution in [0, 0.1) is 0 Å². The highest BCUT2D eigenvalue weighted by Crippen LogP contribution is 2.28. The number of hydrogen-bond donors (Lipinski definition) is 0. The van der Waals surface area contributed by atoms with Crippen molar-refractivity contribution in [3.8, 4) is 0 Å². The highest BCUT2D eigenvalue weighted by molar-refractivity contribution is 7.98. The van der Waals surface area contributed by atoms with Gasteiger partial charge in [0.25, 0.3) is 11.1 Å². The molecule has 4 aromatic rings. The molecule has 0 N–H and O–H groups in total. The average Bonchev–Trinajstić information content (AvgIpc) is 3.31. The van der Waals surface area contributed by atoms with Gasteiger partial charge in [-0.05, 0) is 41.5 Å². The molecule has 1 fully saturated rings. The second-order valence-corrected chi connectivity index (χ2v) is 9.25. The van der Waals surface area contributed by atoms with Gasteiger partial charge in [-0.2, -0.15) is 0 Å². The molecule has 0 spiro atoms. The van der Waals surface area contributed by atoms with Crippen LogP contribution in [0.15, 0.2) is 82.4 Å². The van der Waals surface area contributed by atoms with Crippen LogP contribution in [0.5, 0.6) is 0 Å². The van der Waals surface area contributed by atoms with Gasteiger partial charge in [-0.1, -0.05) is 54.2 Å². The zero-order valence-corrected chi connectivity index (χ0v) is 20.0. The van der Waals surface area contributed by atoms with E-state index in [9.17, 15) is 4.79 Å². The maximum atomic E-state index is 13.3. The maximum Gasteiger partial charge on any atom is 0.257 e. The monoisotopic (exact) mass is 473 g/mol. The number of aromatic nitrogens is 1. The van der Waals surface area contributed by atoms with Gasteiger partial charge in [-0.15, -0.1) is 0 Å². The van der Waals surface area contributed by atoms with Crippen molar-refractivity contribution in [1.29, 1.82) is 0 Å². The number of para-hydroxylation sites is 2. The van der Waals surface area contributed by atoms with E-state index < -0.39 is 0 Å². The van der Waals surface area contributed by atoms with Crippen molar-refractivity contribution in [2.45, 2.75) is 17.5 Å². The van der Waals surface area contributed by atoms with Crippen molar-refractivity contribution in [3.05, 3.63) is 89.5 Å². The van der Waals surface area contributed by atoms with Crippen LogP contribution in [0.4, 0.5) is 5.69 Å². The molecule has 1 aliphatic heterocycles. The van der Waals surface area contributed by atoms with Gasteiger partial charge in [0.1, 0.15) is 5.52 Å². The molecule has 7 heteroatoms. The molecule has 0 radical (unpaired) electrons. The Labute approximate surface area is 203 Å². The normalized spacial score (nSPS) is 13.9. The highest BCUT2D eigenvalue weighted by Gasteiger charge is 2.17. The summed E-state index contributed by atoms with van der Waals surface area (Å²) in [6, 6.07) is 23.9. The fraction of sp³-hybridized carbons (Fsp3) is 0.259. The van der Waals surface area contributed by atoms with Crippen molar-refractivity contribution in [2.75, 3.05) is 38.3 Å². The van der Waals surface area contributed by atoms with Gasteiger partial charge in [-0.25, -0.2) is 4.98 Å². The lowest BCUT2D eigenvalue weighted by atomic mass is 10.1. The molecule has 5 rings (SSSR count). The number of nitrogens with zero attached hydrogens (tertiary/aromatic N) is 3. The van der Waals surface area contributed by atoms with Crippen LogP contribution in [-0.4, -0.2) is 49.1 Å². The SMILES string of the molecule is CN(Cc1ccc(N2CCOCC2)cc1)C(=O)c1ccccc1CSc1nc2ccccc2o1. The number of hydrogen-bond acceptors (Lipinski definition) is 6. The Kier molecular flexibility index (Phi) is 6.83. The van der Waals surface area contributed by atoms with E-state index >= 15 is 0 Å². The summed E-state index contributed by atoms with van der Waals surface area (Å²) in [5, 5.41) is 0.608. The van der Waals surface area contributed by atoms with Crippen LogP contribution in [0.25, 0.3) is 11.1 Å². The summed E-state index contributed by atoms with van der Waals surface area (Å²) in [5.74, 6) is 0.614. The molecule has 0 atom stereocenters. The first kappa shape index (κ1) is 22.5. The zero-order chi connectivity index (χ0) is 23.3. The molecule has 1 aliphatic rings. The summed E-state index contributed by atoms with van der Waals surface area (Å²) < 4.78 is 11.3. The first-order valence-electron chi connectivity index (χ1n) is 11.4. The lowest BCUT2D eigenvalue weighted by Crippen LogP contribution is -2.36. The summed E-state index contributed by atoms with van der Waals surface area (Å²) in [6.07, 6.45) is 0. The first-order valence-corrected chi connectivity index (χ1v) is 12.4. The van der Waals surface area contributed by atoms with E-state index in [1.807, 2.05) is 55.6 Å². The number of anilines is 1. The predicted molar refractivity (Wildman–Crippen MR) is 135 cm³/mol. The van der Waals surface area contributed by atoms with Crippen molar-refractivity contribution in [2.24, 2.45) is 0 Å². The van der Waals surface area contributed by atoms with Crippen LogP contribution in [0.3, 0.4) is 0 Å². The third kappa shape index (κ3) is 5.11. The minimum atomic E-state index is 0.00558. The lowest BCUT2D eigenvalue weighted by molar-refractivity contribution is 0.0784. The predicted octanol–water partition coefficient (Wildman–Crippen LogP) is 5.23. The average molecular weight is 474 g/mol. The Balaban J connectivity index is 1.24. The summed E-state index contributed by atoms with van der Waals surface area (Å²) in [5.41, 5.74) is 5.59. The van der Waals surface area contributed by atoms with Gasteiger partial charge < -0.3 is 19.0 Å². The maximum absolute atomic E-state index is 13.3. The van der Waals surface area contributed by atoms with E-state index in [1.165, 1.54) is 17.4 Å². The first-order chi connectivity index (χ1) is 16.7. The Hall–Kier alpha value is -3.29. The zero-order valence-electron chi connectivity index (χ0n) is 19.1. The van der Waals surface area contributed by atoms with E-state index in [2.05, 4.69) is 34.1 Å². The van der Waals surface area contributed by atoms with Gasteiger partial charge in [-0.3, -0.25) is 4.79 Å². The summed E-state index contributed by atoms with van der Waals surface area (Å²) in [4.78, 5) is 21.9. The number of fused-ring (bicyclic) bond motifs is 1. The van der Waals surface area contributed by atoms with Crippen LogP contribution < -0.4 is 4.90 Å². The van der Waals surface area contributed by atoms with Crippen molar-refractivity contribution >= 4 is 34.5 Å². The van der Waals surface area contributed by atoms with Crippen molar-refractivity contribution in [1.82, 2.24) is 9.88 Å². The molecule has 1 amide bonds. The highest BCUT2D eigenvalue weighted by atomic mass is 32.2. The number of amides is 1. The molecule has 0 aliphatic carbocycles. The Morgan fingerprint density at radius 2 is 1.74 bits per heavy atom. The fourth-order valence-corrected chi connectivity index (χ4v) is 4.93. The second kappa shape index (κ2) is 10.3. The molecule has 0 bridgehead atoms. The molecule has 0 unspecified atom stereocenters. The van der Waals surface area contributed by atoms with Gasteiger partial charge in [0, 0.05) is 43.7 Å². The van der Waals surface area contributed by atoms with E-state index in [0.717, 1.165) is 48.5 Å². The van der Waals surface area contributed by atoms with E-state index in [4.69, 9.17) is 9.15 Å². The second-order valence-electron chi connectivity index (χ2n) is 8.32. The fourth-order valence-electron chi connectivity index (χ4n) is 4.09. The molecule has 2 heterocycles. The molecule has 174 valence electrons. The van der Waals surface area contributed by atoms with Crippen molar-refractivity contribution < 1.29 is 13.9 Å². The molecule has 1 saturated heterocycles. The van der Waals surface area contributed by atoms with E-state index in [-0.39, 0.29) is 5.91 Å². The minimum absolute atomic E-state index is 0.00558. The molecule has 3 aromatic carbocycles. The number of oxazole rings is 1. The standard InChI is InChI=1S/C27H27N3O3S/c1-29(18-20-10-12-22(13-11-20)30-14-16-32-17-15-30)26(31)23-7-3-2-6-21(23)19-34-27-28-24-8-4-5-9-25(24)33-27/h2-13H,14-19H2,1H3. The van der Waals surface area contributed by atoms with Gasteiger partial charge in [0.15, 0.2) is 5.58 Å². The van der Waals surface area contributed by atoms with Crippen molar-refractivity contribution in [3.63, 3.8) is 0 Å². The number of rotatable bonds is 7. The van der Waals surface area contributed by atoms with Crippen LogP contribution in [0.1, 0.15) is 21.5 Å². The lowest BCUT2D eigenvalue weighted by Gasteiger charge is -2.29. The number of thioether (sulfide) groups is 1. The Bertz CT molecular complexity index is 1230. The number of carbonyl (C=O) groups excluding carboxylic acids is 1. The number of morpholine rings is 1. The van der Waals surface area contributed by atoms with Gasteiger partial charge in [0.05, 0.1) is 13.2 Å². The van der Waals surface area contributed by atoms with Gasteiger partial charge >= 0.3 is 0 Å². The quantitative estimate of drug-likeness (QED) is 0.343. The number of benzene rings is 3. The smallest absolute Gasteiger partial charge is 0.257 e. The van der Waals surface area contributed by atoms with Gasteiger partial charge in [0.2, 0.25) is 0 Å². The molecule has 6 nitrogen and oxygen atoms in total.